The van der Waals surface area contributed by atoms with Crippen molar-refractivity contribution in [1.82, 2.24) is 15.3 Å². The van der Waals surface area contributed by atoms with Gasteiger partial charge in [-0.2, -0.15) is 0 Å². The maximum absolute atomic E-state index is 12.1. The molecule has 0 aromatic carbocycles. The number of amides is 1. The molecule has 4 rings (SSSR count). The molecule has 2 aromatic rings. The normalized spacial score (nSPS) is 24.3. The number of thiophene rings is 1. The highest BCUT2D eigenvalue weighted by molar-refractivity contribution is 7.91. The van der Waals surface area contributed by atoms with Gasteiger partial charge >= 0.3 is 0 Å². The molecule has 1 aliphatic carbocycles. The lowest BCUT2D eigenvalue weighted by molar-refractivity contribution is -0.123. The van der Waals surface area contributed by atoms with E-state index in [2.05, 4.69) is 22.2 Å². The van der Waals surface area contributed by atoms with E-state index in [1.807, 2.05) is 0 Å². The van der Waals surface area contributed by atoms with E-state index >= 15 is 0 Å². The number of aryl methyl sites for hydroxylation is 1. The number of hydrogen-bond donors (Lipinski definition) is 1. The Morgan fingerprint density at radius 3 is 3.00 bits per heavy atom. The number of carbonyl (C=O) groups excluding carboxylic acids is 1. The molecule has 26 heavy (non-hydrogen) atoms. The lowest BCUT2D eigenvalue weighted by atomic mass is 9.89. The van der Waals surface area contributed by atoms with Gasteiger partial charge in [-0.15, -0.1) is 11.3 Å². The first-order valence-corrected chi connectivity index (χ1v) is 11.4. The third-order valence-corrected chi connectivity index (χ3v) is 7.92. The second-order valence-electron chi connectivity index (χ2n) is 7.17. The predicted octanol–water partition coefficient (Wildman–Crippen LogP) is 1.50. The van der Waals surface area contributed by atoms with Gasteiger partial charge in [0, 0.05) is 10.9 Å². The third-order valence-electron chi connectivity index (χ3n) is 4.99. The molecule has 140 valence electrons. The molecule has 2 aliphatic rings. The quantitative estimate of drug-likeness (QED) is 0.842. The second kappa shape index (κ2) is 6.77. The van der Waals surface area contributed by atoms with E-state index in [1.54, 1.807) is 11.3 Å². The molecule has 3 heterocycles. The summed E-state index contributed by atoms with van der Waals surface area (Å²) in [5.41, 5.74) is 1.25. The molecule has 1 amide bonds. The van der Waals surface area contributed by atoms with Crippen LogP contribution in [0.15, 0.2) is 6.33 Å². The van der Waals surface area contributed by atoms with E-state index in [0.717, 1.165) is 29.5 Å². The number of carbonyl (C=O) groups is 1. The summed E-state index contributed by atoms with van der Waals surface area (Å²) in [5.74, 6) is 0.923. The van der Waals surface area contributed by atoms with Crippen LogP contribution < -0.4 is 10.1 Å². The number of nitrogens with one attached hydrogen (secondary N) is 1. The fourth-order valence-corrected chi connectivity index (χ4v) is 6.68. The van der Waals surface area contributed by atoms with E-state index in [4.69, 9.17) is 4.74 Å². The van der Waals surface area contributed by atoms with Crippen molar-refractivity contribution in [3.8, 4) is 5.88 Å². The van der Waals surface area contributed by atoms with Crippen molar-refractivity contribution in [1.29, 1.82) is 0 Å². The summed E-state index contributed by atoms with van der Waals surface area (Å²) in [5, 5.41) is 3.66. The Morgan fingerprint density at radius 1 is 1.38 bits per heavy atom. The SMILES string of the molecule is CC1CCc2c(sc3ncnc(OCC(=O)NC4CCS(=O)(=O)C4)c23)C1. The first-order valence-electron chi connectivity index (χ1n) is 8.79. The maximum Gasteiger partial charge on any atom is 0.258 e. The average molecular weight is 396 g/mol. The van der Waals surface area contributed by atoms with Crippen molar-refractivity contribution in [3.05, 3.63) is 16.8 Å². The van der Waals surface area contributed by atoms with Crippen molar-refractivity contribution < 1.29 is 17.9 Å². The van der Waals surface area contributed by atoms with Crippen molar-refractivity contribution in [2.75, 3.05) is 18.1 Å². The van der Waals surface area contributed by atoms with E-state index in [0.29, 0.717) is 18.2 Å². The van der Waals surface area contributed by atoms with Crippen LogP contribution >= 0.6 is 11.3 Å². The molecule has 7 nitrogen and oxygen atoms in total. The highest BCUT2D eigenvalue weighted by Gasteiger charge is 2.29. The Morgan fingerprint density at radius 2 is 2.23 bits per heavy atom. The Hall–Kier alpha value is -1.74. The second-order valence-corrected chi connectivity index (χ2v) is 10.5. The summed E-state index contributed by atoms with van der Waals surface area (Å²) in [6, 6.07) is -0.322. The number of fused-ring (bicyclic) bond motifs is 3. The molecule has 0 saturated carbocycles. The minimum Gasteiger partial charge on any atom is -0.467 e. The Balaban J connectivity index is 1.47. The molecule has 2 unspecified atom stereocenters. The first-order chi connectivity index (χ1) is 12.4. The zero-order valence-corrected chi connectivity index (χ0v) is 16.2. The highest BCUT2D eigenvalue weighted by atomic mass is 32.2. The van der Waals surface area contributed by atoms with Crippen LogP contribution in [0, 0.1) is 5.92 Å². The topological polar surface area (TPSA) is 98.2 Å². The first kappa shape index (κ1) is 17.7. The number of hydrogen-bond acceptors (Lipinski definition) is 7. The Kier molecular flexibility index (Phi) is 4.60. The Labute approximate surface area is 156 Å². The van der Waals surface area contributed by atoms with Crippen LogP contribution in [0.1, 0.15) is 30.2 Å². The van der Waals surface area contributed by atoms with E-state index in [1.165, 1.54) is 16.8 Å². The van der Waals surface area contributed by atoms with E-state index in [-0.39, 0.29) is 30.1 Å². The molecular weight excluding hydrogens is 374 g/mol. The number of aromatic nitrogens is 2. The van der Waals surface area contributed by atoms with Crippen molar-refractivity contribution in [3.63, 3.8) is 0 Å². The van der Waals surface area contributed by atoms with Crippen LogP contribution in [-0.4, -0.2) is 48.4 Å². The summed E-state index contributed by atoms with van der Waals surface area (Å²) in [7, 11) is -3.02. The van der Waals surface area contributed by atoms with Gasteiger partial charge in [0.05, 0.1) is 16.9 Å². The summed E-state index contributed by atoms with van der Waals surface area (Å²) >= 11 is 1.68. The summed E-state index contributed by atoms with van der Waals surface area (Å²) in [6.07, 6.45) is 5.08. The molecule has 2 atom stereocenters. The van der Waals surface area contributed by atoms with Gasteiger partial charge < -0.3 is 10.1 Å². The van der Waals surface area contributed by atoms with E-state index in [9.17, 15) is 13.2 Å². The zero-order chi connectivity index (χ0) is 18.3. The van der Waals surface area contributed by atoms with Crippen LogP contribution in [0.2, 0.25) is 0 Å². The highest BCUT2D eigenvalue weighted by Crippen LogP contribution is 2.40. The Bertz CT molecular complexity index is 954. The number of ether oxygens (including phenoxy) is 1. The van der Waals surface area contributed by atoms with Gasteiger partial charge in [0.15, 0.2) is 16.4 Å². The van der Waals surface area contributed by atoms with Crippen LogP contribution in [-0.2, 0) is 27.5 Å². The van der Waals surface area contributed by atoms with E-state index < -0.39 is 9.84 Å². The molecule has 1 saturated heterocycles. The van der Waals surface area contributed by atoms with Gasteiger partial charge in [-0.25, -0.2) is 18.4 Å². The minimum absolute atomic E-state index is 0.00666. The largest absolute Gasteiger partial charge is 0.467 e. The molecule has 2 aromatic heterocycles. The monoisotopic (exact) mass is 395 g/mol. The fourth-order valence-electron chi connectivity index (χ4n) is 3.67. The van der Waals surface area contributed by atoms with Gasteiger partial charge in [-0.3, -0.25) is 4.79 Å². The molecule has 0 bridgehead atoms. The third kappa shape index (κ3) is 3.55. The molecule has 1 N–H and O–H groups in total. The summed E-state index contributed by atoms with van der Waals surface area (Å²) < 4.78 is 28.6. The van der Waals surface area contributed by atoms with Gasteiger partial charge in [0.25, 0.3) is 5.91 Å². The lowest BCUT2D eigenvalue weighted by Crippen LogP contribution is -2.38. The van der Waals surface area contributed by atoms with Crippen molar-refractivity contribution in [2.45, 2.75) is 38.6 Å². The van der Waals surface area contributed by atoms with Gasteiger partial charge in [0.1, 0.15) is 11.2 Å². The van der Waals surface area contributed by atoms with Crippen LogP contribution in [0.4, 0.5) is 0 Å². The van der Waals surface area contributed by atoms with Gasteiger partial charge in [-0.05, 0) is 37.2 Å². The molecular formula is C17H21N3O4S2. The molecule has 9 heteroatoms. The number of nitrogens with zero attached hydrogens (tertiary/aromatic N) is 2. The lowest BCUT2D eigenvalue weighted by Gasteiger charge is -2.18. The smallest absolute Gasteiger partial charge is 0.258 e. The number of rotatable bonds is 4. The van der Waals surface area contributed by atoms with Crippen LogP contribution in [0.3, 0.4) is 0 Å². The van der Waals surface area contributed by atoms with Crippen molar-refractivity contribution >= 4 is 37.3 Å². The summed E-state index contributed by atoms with van der Waals surface area (Å²) in [4.78, 5) is 22.9. The molecule has 1 aliphatic heterocycles. The average Bonchev–Trinajstić information content (AvgIpc) is 3.11. The summed E-state index contributed by atoms with van der Waals surface area (Å²) in [6.45, 7) is 2.08. The number of sulfone groups is 1. The fraction of sp³-hybridized carbons (Fsp3) is 0.588. The van der Waals surface area contributed by atoms with Crippen molar-refractivity contribution in [2.24, 2.45) is 5.92 Å². The standard InChI is InChI=1S/C17H21N3O4S2/c1-10-2-3-12-13(6-10)25-17-15(12)16(18-9-19-17)24-7-14(21)20-11-4-5-26(22,23)8-11/h9-11H,2-8H2,1H3,(H,20,21). The zero-order valence-electron chi connectivity index (χ0n) is 14.5. The maximum atomic E-state index is 12.1. The minimum atomic E-state index is -3.02. The van der Waals surface area contributed by atoms with Crippen LogP contribution in [0.25, 0.3) is 10.2 Å². The van der Waals surface area contributed by atoms with Gasteiger partial charge in [0.2, 0.25) is 5.88 Å². The molecule has 1 fully saturated rings. The predicted molar refractivity (Wildman–Crippen MR) is 99.3 cm³/mol. The van der Waals surface area contributed by atoms with Crippen LogP contribution in [0.5, 0.6) is 5.88 Å². The molecule has 0 radical (unpaired) electrons. The molecule has 0 spiro atoms. The van der Waals surface area contributed by atoms with Gasteiger partial charge in [-0.1, -0.05) is 6.92 Å².